The van der Waals surface area contributed by atoms with Gasteiger partial charge in [0.25, 0.3) is 0 Å². The van der Waals surface area contributed by atoms with E-state index in [-0.39, 0.29) is 0 Å². The van der Waals surface area contributed by atoms with Gasteiger partial charge in [0.2, 0.25) is 0 Å². The molecule has 0 amide bonds. The minimum absolute atomic E-state index is 0.736. The highest BCUT2D eigenvalue weighted by Crippen LogP contribution is 2.12. The molecule has 0 atom stereocenters. The van der Waals surface area contributed by atoms with Crippen molar-refractivity contribution >= 4 is 5.82 Å². The van der Waals surface area contributed by atoms with Crippen molar-refractivity contribution < 1.29 is 0 Å². The molecule has 0 bridgehead atoms. The molecule has 2 N–H and O–H groups in total. The summed E-state index contributed by atoms with van der Waals surface area (Å²) in [4.78, 5) is 0. The van der Waals surface area contributed by atoms with Crippen molar-refractivity contribution in [3.8, 4) is 0 Å². The van der Waals surface area contributed by atoms with E-state index in [9.17, 15) is 0 Å². The summed E-state index contributed by atoms with van der Waals surface area (Å²) >= 11 is 0. The number of nitrogens with two attached hydrogens (primary N) is 1. The predicted octanol–water partition coefficient (Wildman–Crippen LogP) is 2.13. The fraction of sp³-hybridized carbons (Fsp3) is 0.250. The average molecular weight is 201 g/mol. The predicted molar refractivity (Wildman–Crippen MR) is 61.7 cm³/mol. The zero-order valence-corrected chi connectivity index (χ0v) is 9.07. The van der Waals surface area contributed by atoms with Crippen LogP contribution in [0, 0.1) is 13.8 Å². The molecule has 0 fully saturated rings. The zero-order chi connectivity index (χ0) is 10.8. The maximum absolute atomic E-state index is 5.88. The SMILES string of the molecule is Cc1ccc(Cn2ncc(C)c2N)cc1. The lowest BCUT2D eigenvalue weighted by molar-refractivity contribution is 0.697. The van der Waals surface area contributed by atoms with Gasteiger partial charge in [-0.2, -0.15) is 5.10 Å². The van der Waals surface area contributed by atoms with Gasteiger partial charge in [0.05, 0.1) is 12.7 Å². The topological polar surface area (TPSA) is 43.8 Å². The minimum Gasteiger partial charge on any atom is -0.384 e. The van der Waals surface area contributed by atoms with E-state index in [1.54, 1.807) is 6.20 Å². The Labute approximate surface area is 89.5 Å². The summed E-state index contributed by atoms with van der Waals surface area (Å²) < 4.78 is 1.82. The number of aryl methyl sites for hydroxylation is 2. The van der Waals surface area contributed by atoms with Gasteiger partial charge in [-0.15, -0.1) is 0 Å². The van der Waals surface area contributed by atoms with Crippen LogP contribution >= 0.6 is 0 Å². The van der Waals surface area contributed by atoms with E-state index < -0.39 is 0 Å². The smallest absolute Gasteiger partial charge is 0.124 e. The second-order valence-corrected chi connectivity index (χ2v) is 3.86. The molecular formula is C12H15N3. The normalized spacial score (nSPS) is 10.5. The lowest BCUT2D eigenvalue weighted by Gasteiger charge is -2.04. The first-order valence-electron chi connectivity index (χ1n) is 5.00. The highest BCUT2D eigenvalue weighted by Gasteiger charge is 2.03. The van der Waals surface area contributed by atoms with Crippen LogP contribution in [0.5, 0.6) is 0 Å². The molecule has 0 saturated carbocycles. The van der Waals surface area contributed by atoms with Crippen molar-refractivity contribution in [2.45, 2.75) is 20.4 Å². The second kappa shape index (κ2) is 3.77. The van der Waals surface area contributed by atoms with Crippen molar-refractivity contribution in [1.82, 2.24) is 9.78 Å². The maximum Gasteiger partial charge on any atom is 0.124 e. The molecule has 3 nitrogen and oxygen atoms in total. The lowest BCUT2D eigenvalue weighted by atomic mass is 10.1. The molecule has 15 heavy (non-hydrogen) atoms. The van der Waals surface area contributed by atoms with E-state index in [0.717, 1.165) is 17.9 Å². The Kier molecular flexibility index (Phi) is 2.46. The third kappa shape index (κ3) is 2.01. The summed E-state index contributed by atoms with van der Waals surface area (Å²) in [6, 6.07) is 8.40. The molecule has 1 aromatic carbocycles. The van der Waals surface area contributed by atoms with Crippen molar-refractivity contribution in [3.63, 3.8) is 0 Å². The molecule has 0 spiro atoms. The first-order valence-corrected chi connectivity index (χ1v) is 5.00. The van der Waals surface area contributed by atoms with Gasteiger partial charge in [0.1, 0.15) is 5.82 Å². The third-order valence-corrected chi connectivity index (χ3v) is 2.53. The van der Waals surface area contributed by atoms with Crippen molar-refractivity contribution in [2.24, 2.45) is 0 Å². The van der Waals surface area contributed by atoms with Gasteiger partial charge < -0.3 is 5.73 Å². The molecule has 78 valence electrons. The fourth-order valence-electron chi connectivity index (χ4n) is 1.48. The molecule has 0 unspecified atom stereocenters. The lowest BCUT2D eigenvalue weighted by Crippen LogP contribution is -2.06. The highest BCUT2D eigenvalue weighted by molar-refractivity contribution is 5.38. The van der Waals surface area contributed by atoms with E-state index in [2.05, 4.69) is 36.3 Å². The summed E-state index contributed by atoms with van der Waals surface area (Å²) in [6.45, 7) is 4.78. The summed E-state index contributed by atoms with van der Waals surface area (Å²) in [7, 11) is 0. The molecule has 0 aliphatic rings. The average Bonchev–Trinajstić information content (AvgIpc) is 2.53. The monoisotopic (exact) mass is 201 g/mol. The molecule has 2 aromatic rings. The minimum atomic E-state index is 0.736. The molecule has 1 heterocycles. The van der Waals surface area contributed by atoms with Crippen molar-refractivity contribution in [3.05, 3.63) is 47.2 Å². The van der Waals surface area contributed by atoms with E-state index in [0.29, 0.717) is 0 Å². The van der Waals surface area contributed by atoms with E-state index >= 15 is 0 Å². The molecule has 2 rings (SSSR count). The first kappa shape index (κ1) is 9.77. The number of nitrogen functional groups attached to an aromatic ring is 1. The van der Waals surface area contributed by atoms with Crippen LogP contribution in [0.3, 0.4) is 0 Å². The largest absolute Gasteiger partial charge is 0.384 e. The van der Waals surface area contributed by atoms with Gasteiger partial charge in [-0.3, -0.25) is 0 Å². The quantitative estimate of drug-likeness (QED) is 0.808. The maximum atomic E-state index is 5.88. The van der Waals surface area contributed by atoms with Crippen LogP contribution in [0.1, 0.15) is 16.7 Å². The summed E-state index contributed by atoms with van der Waals surface area (Å²) in [5, 5.41) is 4.22. The summed E-state index contributed by atoms with van der Waals surface area (Å²) in [5.74, 6) is 0.746. The van der Waals surface area contributed by atoms with Crippen LogP contribution in [0.2, 0.25) is 0 Å². The number of nitrogens with zero attached hydrogens (tertiary/aromatic N) is 2. The molecule has 3 heteroatoms. The third-order valence-electron chi connectivity index (χ3n) is 2.53. The van der Waals surface area contributed by atoms with Gasteiger partial charge >= 0.3 is 0 Å². The number of hydrogen-bond acceptors (Lipinski definition) is 2. The number of hydrogen-bond donors (Lipinski definition) is 1. The van der Waals surface area contributed by atoms with Crippen LogP contribution in [-0.4, -0.2) is 9.78 Å². The number of benzene rings is 1. The summed E-state index contributed by atoms with van der Waals surface area (Å²) in [6.07, 6.45) is 1.80. The highest BCUT2D eigenvalue weighted by atomic mass is 15.3. The molecule has 0 aliphatic carbocycles. The van der Waals surface area contributed by atoms with Crippen LogP contribution in [0.4, 0.5) is 5.82 Å². The number of rotatable bonds is 2. The molecule has 0 aliphatic heterocycles. The second-order valence-electron chi connectivity index (χ2n) is 3.86. The number of aromatic nitrogens is 2. The van der Waals surface area contributed by atoms with Gasteiger partial charge in [-0.05, 0) is 19.4 Å². The van der Waals surface area contributed by atoms with Crippen LogP contribution in [-0.2, 0) is 6.54 Å². The Bertz CT molecular complexity index is 454. The molecular weight excluding hydrogens is 186 g/mol. The molecule has 0 saturated heterocycles. The Morgan fingerprint density at radius 2 is 1.87 bits per heavy atom. The summed E-state index contributed by atoms with van der Waals surface area (Å²) in [5.41, 5.74) is 9.40. The molecule has 1 aromatic heterocycles. The van der Waals surface area contributed by atoms with E-state index in [4.69, 9.17) is 5.73 Å². The van der Waals surface area contributed by atoms with Gasteiger partial charge in [-0.25, -0.2) is 4.68 Å². The van der Waals surface area contributed by atoms with Crippen LogP contribution in [0.15, 0.2) is 30.5 Å². The first-order chi connectivity index (χ1) is 7.16. The fourth-order valence-corrected chi connectivity index (χ4v) is 1.48. The van der Waals surface area contributed by atoms with Gasteiger partial charge in [0.15, 0.2) is 0 Å². The van der Waals surface area contributed by atoms with Crippen LogP contribution < -0.4 is 5.73 Å². The standard InChI is InChI=1S/C12H15N3/c1-9-3-5-11(6-4-9)8-15-12(13)10(2)7-14-15/h3-7H,8,13H2,1-2H3. The van der Waals surface area contributed by atoms with E-state index in [1.165, 1.54) is 11.1 Å². The Morgan fingerprint density at radius 3 is 2.40 bits per heavy atom. The van der Waals surface area contributed by atoms with E-state index in [1.807, 2.05) is 11.6 Å². The number of anilines is 1. The van der Waals surface area contributed by atoms with Gasteiger partial charge in [0, 0.05) is 5.56 Å². The Balaban J connectivity index is 2.22. The van der Waals surface area contributed by atoms with Crippen molar-refractivity contribution in [1.29, 1.82) is 0 Å². The van der Waals surface area contributed by atoms with Crippen LogP contribution in [0.25, 0.3) is 0 Å². The van der Waals surface area contributed by atoms with Gasteiger partial charge in [-0.1, -0.05) is 29.8 Å². The Morgan fingerprint density at radius 1 is 1.20 bits per heavy atom. The Hall–Kier alpha value is -1.77. The molecule has 0 radical (unpaired) electrons. The van der Waals surface area contributed by atoms with Crippen molar-refractivity contribution in [2.75, 3.05) is 5.73 Å². The zero-order valence-electron chi connectivity index (χ0n) is 9.07.